The molecule has 62 valence electrons. The Balaban J connectivity index is 0. The Bertz CT molecular complexity index is 72.9. The Hall–Kier alpha value is 0.288. The molecule has 10 heavy (non-hydrogen) atoms. The first-order chi connectivity index (χ1) is 4.54. The van der Waals surface area contributed by atoms with E-state index in [1.807, 2.05) is 0 Å². The van der Waals surface area contributed by atoms with Crippen molar-refractivity contribution in [2.75, 3.05) is 7.11 Å². The van der Waals surface area contributed by atoms with Gasteiger partial charge in [0.25, 0.3) is 0 Å². The van der Waals surface area contributed by atoms with E-state index in [0.717, 1.165) is 0 Å². The maximum absolute atomic E-state index is 9.96. The molecule has 0 unspecified atom stereocenters. The number of ether oxygens (including phenoxy) is 1. The summed E-state index contributed by atoms with van der Waals surface area (Å²) in [5, 5.41) is 0. The average Bonchev–Trinajstić information content (AvgIpc) is 1.85. The molecule has 0 aromatic heterocycles. The van der Waals surface area contributed by atoms with Gasteiger partial charge in [-0.05, 0) is 0 Å². The fourth-order valence-corrected chi connectivity index (χ4v) is 0.144. The van der Waals surface area contributed by atoms with Gasteiger partial charge in [0.05, 0.1) is 7.11 Å². The molecule has 0 aliphatic carbocycles. The molecule has 0 atom stereocenters. The van der Waals surface area contributed by atoms with Gasteiger partial charge in [-0.15, -0.1) is 0 Å². The predicted molar refractivity (Wildman–Crippen MR) is 45.7 cm³/mol. The maximum atomic E-state index is 9.96. The van der Waals surface area contributed by atoms with Crippen molar-refractivity contribution in [1.82, 2.24) is 0 Å². The molecule has 0 fully saturated rings. The van der Waals surface area contributed by atoms with Crippen molar-refractivity contribution in [1.29, 1.82) is 0 Å². The molecule has 0 heterocycles. The Kier molecular flexibility index (Phi) is 12.0. The molecule has 0 spiro atoms. The zero-order valence-electron chi connectivity index (χ0n) is 7.47. The van der Waals surface area contributed by atoms with Crippen LogP contribution in [-0.2, 0) is 9.53 Å². The normalized spacial score (nSPS) is 8.20. The minimum atomic E-state index is -0.450. The second-order valence-electron chi connectivity index (χ2n) is 2.27. The van der Waals surface area contributed by atoms with Crippen LogP contribution in [0.2, 0.25) is 14.6 Å². The van der Waals surface area contributed by atoms with Crippen LogP contribution in [0.1, 0.15) is 13.3 Å². The zero-order valence-corrected chi connectivity index (χ0v) is 10.0. The van der Waals surface area contributed by atoms with Gasteiger partial charge in [0.2, 0.25) is 0 Å². The van der Waals surface area contributed by atoms with E-state index >= 15 is 0 Å². The SMILES string of the molecule is CCC(=O)OC.[CH3][Sb]([CH3])[CH3]. The fraction of sp³-hybridized carbons (Fsp3) is 0.857. The monoisotopic (exact) mass is 254 g/mol. The summed E-state index contributed by atoms with van der Waals surface area (Å²) in [6.45, 7) is 1.76. The second kappa shape index (κ2) is 9.29. The molecule has 0 radical (unpaired) electrons. The number of hydrogen-bond donors (Lipinski definition) is 0. The van der Waals surface area contributed by atoms with E-state index in [0.29, 0.717) is 6.42 Å². The van der Waals surface area contributed by atoms with E-state index in [2.05, 4.69) is 19.3 Å². The summed E-state index contributed by atoms with van der Waals surface area (Å²) in [7, 11) is 1.38. The van der Waals surface area contributed by atoms with Gasteiger partial charge >= 0.3 is 40.8 Å². The number of esters is 1. The van der Waals surface area contributed by atoms with Crippen molar-refractivity contribution in [3.05, 3.63) is 0 Å². The van der Waals surface area contributed by atoms with Gasteiger partial charge in [0.1, 0.15) is 0 Å². The Morgan fingerprint density at radius 2 is 1.70 bits per heavy atom. The molecule has 3 heteroatoms. The topological polar surface area (TPSA) is 26.3 Å². The van der Waals surface area contributed by atoms with E-state index < -0.39 is 20.2 Å². The molecule has 0 aliphatic heterocycles. The van der Waals surface area contributed by atoms with Gasteiger partial charge in [-0.25, -0.2) is 0 Å². The first-order valence-corrected chi connectivity index (χ1v) is 10.9. The first-order valence-electron chi connectivity index (χ1n) is 3.22. The molecular weight excluding hydrogens is 238 g/mol. The molecule has 0 saturated carbocycles. The summed E-state index contributed by atoms with van der Waals surface area (Å²) in [6.07, 6.45) is 0.469. The van der Waals surface area contributed by atoms with E-state index in [-0.39, 0.29) is 5.97 Å². The third-order valence-corrected chi connectivity index (χ3v) is 0.516. The summed E-state index contributed by atoms with van der Waals surface area (Å²) < 4.78 is 4.26. The van der Waals surface area contributed by atoms with Gasteiger partial charge in [-0.3, -0.25) is 4.79 Å². The average molecular weight is 255 g/mol. The third kappa shape index (κ3) is 23.9. The van der Waals surface area contributed by atoms with Crippen LogP contribution in [0.3, 0.4) is 0 Å². The van der Waals surface area contributed by atoms with E-state index in [1.165, 1.54) is 7.11 Å². The molecule has 0 aromatic carbocycles. The van der Waals surface area contributed by atoms with Crippen LogP contribution in [0.25, 0.3) is 0 Å². The summed E-state index contributed by atoms with van der Waals surface area (Å²) in [5.41, 5.74) is 0. The zero-order chi connectivity index (χ0) is 8.57. The number of hydrogen-bond acceptors (Lipinski definition) is 2. The van der Waals surface area contributed by atoms with Gasteiger partial charge in [0, 0.05) is 6.42 Å². The molecule has 0 aromatic rings. The fourth-order valence-electron chi connectivity index (χ4n) is 0.144. The number of carbonyl (C=O) groups excluding carboxylic acids is 1. The Morgan fingerprint density at radius 1 is 1.40 bits per heavy atom. The molecule has 2 nitrogen and oxygen atoms in total. The van der Waals surface area contributed by atoms with Gasteiger partial charge in [-0.2, -0.15) is 0 Å². The molecule has 0 bridgehead atoms. The molecule has 0 aliphatic rings. The van der Waals surface area contributed by atoms with Gasteiger partial charge < -0.3 is 4.74 Å². The molecule has 0 amide bonds. The van der Waals surface area contributed by atoms with Crippen molar-refractivity contribution in [3.8, 4) is 0 Å². The van der Waals surface area contributed by atoms with Crippen molar-refractivity contribution in [2.24, 2.45) is 0 Å². The number of carbonyl (C=O) groups is 1. The predicted octanol–water partition coefficient (Wildman–Crippen LogP) is 1.94. The summed E-state index contributed by atoms with van der Waals surface area (Å²) in [5.74, 6) is -0.157. The van der Waals surface area contributed by atoms with Crippen LogP contribution in [0.15, 0.2) is 0 Å². The van der Waals surface area contributed by atoms with Crippen LogP contribution in [0.5, 0.6) is 0 Å². The standard InChI is InChI=1S/C4H8O2.3CH3.Sb/c1-3-4(5)6-2;;;;/h3H2,1-2H3;3*1H3;. The number of methoxy groups -OCH3 is 1. The van der Waals surface area contributed by atoms with Crippen LogP contribution in [0.4, 0.5) is 0 Å². The van der Waals surface area contributed by atoms with Crippen molar-refractivity contribution in [3.63, 3.8) is 0 Å². The van der Waals surface area contributed by atoms with Crippen LogP contribution < -0.4 is 0 Å². The Morgan fingerprint density at radius 3 is 1.70 bits per heavy atom. The quantitative estimate of drug-likeness (QED) is 0.528. The van der Waals surface area contributed by atoms with Crippen molar-refractivity contribution < 1.29 is 9.53 Å². The number of rotatable bonds is 1. The van der Waals surface area contributed by atoms with Crippen molar-refractivity contribution in [2.45, 2.75) is 28.0 Å². The molecular formula is C7H17O2Sb. The Labute approximate surface area is 70.9 Å². The molecule has 0 rings (SSSR count). The summed E-state index contributed by atoms with van der Waals surface area (Å²) in [4.78, 5) is 17.0. The van der Waals surface area contributed by atoms with Gasteiger partial charge in [0.15, 0.2) is 0 Å². The van der Waals surface area contributed by atoms with Gasteiger partial charge in [-0.1, -0.05) is 6.92 Å². The molecule has 0 saturated heterocycles. The minimum absolute atomic E-state index is 0.157. The van der Waals surface area contributed by atoms with E-state index in [1.54, 1.807) is 6.92 Å². The van der Waals surface area contributed by atoms with E-state index in [4.69, 9.17) is 0 Å². The van der Waals surface area contributed by atoms with Crippen molar-refractivity contribution >= 4 is 26.2 Å². The summed E-state index contributed by atoms with van der Waals surface area (Å²) >= 11 is -0.450. The third-order valence-electron chi connectivity index (χ3n) is 0.516. The first kappa shape index (κ1) is 12.9. The van der Waals surface area contributed by atoms with Crippen LogP contribution >= 0.6 is 0 Å². The second-order valence-corrected chi connectivity index (χ2v) is 9.93. The van der Waals surface area contributed by atoms with Crippen LogP contribution in [-0.4, -0.2) is 33.3 Å². The van der Waals surface area contributed by atoms with Crippen LogP contribution in [0, 0.1) is 0 Å². The molecule has 0 N–H and O–H groups in total. The van der Waals surface area contributed by atoms with E-state index in [9.17, 15) is 4.79 Å². The summed E-state index contributed by atoms with van der Waals surface area (Å²) in [6, 6.07) is 0.